The Morgan fingerprint density at radius 2 is 1.95 bits per heavy atom. The first kappa shape index (κ1) is 15.8. The van der Waals surface area contributed by atoms with Crippen molar-refractivity contribution >= 4 is 8.32 Å². The fourth-order valence-electron chi connectivity index (χ4n) is 1.62. The van der Waals surface area contributed by atoms with Gasteiger partial charge in [-0.3, -0.25) is 4.79 Å². The van der Waals surface area contributed by atoms with Crippen LogP contribution >= 0.6 is 0 Å². The molecule has 0 amide bonds. The van der Waals surface area contributed by atoms with Crippen molar-refractivity contribution in [3.8, 4) is 11.1 Å². The van der Waals surface area contributed by atoms with Crippen LogP contribution < -0.4 is 5.43 Å². The molecular weight excluding hydrogens is 284 g/mol. The first-order valence-corrected chi connectivity index (χ1v) is 9.90. The van der Waals surface area contributed by atoms with Gasteiger partial charge in [-0.15, -0.1) is 0 Å². The molecule has 0 aliphatic rings. The Balaban J connectivity index is 2.14. The van der Waals surface area contributed by atoms with Crippen molar-refractivity contribution in [2.75, 3.05) is 0 Å². The van der Waals surface area contributed by atoms with Crippen LogP contribution in [0, 0.1) is 0 Å². The molecule has 0 atom stereocenters. The molecule has 2 aromatic heterocycles. The lowest BCUT2D eigenvalue weighted by atomic mass is 10.1. The molecule has 0 radical (unpaired) electrons. The van der Waals surface area contributed by atoms with E-state index in [1.165, 1.54) is 24.9 Å². The predicted octanol–water partition coefficient (Wildman–Crippen LogP) is 4.42. The Labute approximate surface area is 125 Å². The molecule has 2 rings (SSSR count). The molecular formula is C16H22O4Si. The van der Waals surface area contributed by atoms with Gasteiger partial charge >= 0.3 is 0 Å². The van der Waals surface area contributed by atoms with E-state index in [4.69, 9.17) is 13.3 Å². The molecule has 2 heterocycles. The number of hydrogen-bond donors (Lipinski definition) is 0. The van der Waals surface area contributed by atoms with E-state index < -0.39 is 8.32 Å². The highest BCUT2D eigenvalue weighted by atomic mass is 28.4. The molecule has 0 aliphatic heterocycles. The van der Waals surface area contributed by atoms with Crippen LogP contribution in [0.15, 0.2) is 44.6 Å². The van der Waals surface area contributed by atoms with Crippen LogP contribution in [-0.2, 0) is 11.0 Å². The summed E-state index contributed by atoms with van der Waals surface area (Å²) in [4.78, 5) is 12.1. The SMILES string of the molecule is CC(C)(C)[Si](C)(C)OCc1cc(=O)c(-c2ccoc2)co1. The number of rotatable bonds is 4. The van der Waals surface area contributed by atoms with Crippen molar-refractivity contribution < 1.29 is 13.3 Å². The second-order valence-corrected chi connectivity index (χ2v) is 11.5. The normalized spacial score (nSPS) is 12.6. The predicted molar refractivity (Wildman–Crippen MR) is 84.7 cm³/mol. The summed E-state index contributed by atoms with van der Waals surface area (Å²) in [6.45, 7) is 11.2. The van der Waals surface area contributed by atoms with Crippen molar-refractivity contribution in [3.05, 3.63) is 46.9 Å². The van der Waals surface area contributed by atoms with Gasteiger partial charge in [-0.1, -0.05) is 20.8 Å². The molecule has 0 spiro atoms. The summed E-state index contributed by atoms with van der Waals surface area (Å²) in [6.07, 6.45) is 4.53. The van der Waals surface area contributed by atoms with E-state index in [1.807, 2.05) is 0 Å². The summed E-state index contributed by atoms with van der Waals surface area (Å²) in [7, 11) is -1.85. The summed E-state index contributed by atoms with van der Waals surface area (Å²) >= 11 is 0. The summed E-state index contributed by atoms with van der Waals surface area (Å²) in [5.74, 6) is 0.553. The van der Waals surface area contributed by atoms with Crippen molar-refractivity contribution in [2.24, 2.45) is 0 Å². The lowest BCUT2D eigenvalue weighted by Crippen LogP contribution is -2.40. The lowest BCUT2D eigenvalue weighted by Gasteiger charge is -2.35. The Morgan fingerprint density at radius 1 is 1.24 bits per heavy atom. The van der Waals surface area contributed by atoms with E-state index in [2.05, 4.69) is 33.9 Å². The van der Waals surface area contributed by atoms with Crippen LogP contribution in [0.2, 0.25) is 18.1 Å². The maximum Gasteiger partial charge on any atom is 0.193 e. The van der Waals surface area contributed by atoms with E-state index in [0.717, 1.165) is 5.56 Å². The highest BCUT2D eigenvalue weighted by Crippen LogP contribution is 2.37. The zero-order valence-corrected chi connectivity index (χ0v) is 14.2. The standard InChI is InChI=1S/C16H22O4Si/c1-16(2,3)21(4,5)20-10-13-8-15(17)14(11-19-13)12-6-7-18-9-12/h6-9,11H,10H2,1-5H3. The molecule has 0 saturated carbocycles. The van der Waals surface area contributed by atoms with Crippen molar-refractivity contribution in [3.63, 3.8) is 0 Å². The summed E-state index contributed by atoms with van der Waals surface area (Å²) < 4.78 is 16.6. The number of furan rings is 1. The Kier molecular flexibility index (Phi) is 4.25. The molecule has 0 unspecified atom stereocenters. The molecule has 0 fully saturated rings. The van der Waals surface area contributed by atoms with E-state index >= 15 is 0 Å². The van der Waals surface area contributed by atoms with Crippen molar-refractivity contribution in [1.29, 1.82) is 0 Å². The zero-order valence-electron chi connectivity index (χ0n) is 13.2. The third kappa shape index (κ3) is 3.54. The largest absolute Gasteiger partial charge is 0.472 e. The van der Waals surface area contributed by atoms with Gasteiger partial charge in [0, 0.05) is 11.6 Å². The van der Waals surface area contributed by atoms with Crippen LogP contribution in [0.25, 0.3) is 11.1 Å². The van der Waals surface area contributed by atoms with Gasteiger partial charge in [0.25, 0.3) is 0 Å². The molecule has 2 aromatic rings. The van der Waals surface area contributed by atoms with Crippen LogP contribution in [0.1, 0.15) is 26.5 Å². The minimum atomic E-state index is -1.85. The van der Waals surface area contributed by atoms with Crippen molar-refractivity contribution in [1.82, 2.24) is 0 Å². The highest BCUT2D eigenvalue weighted by molar-refractivity contribution is 6.74. The fourth-order valence-corrected chi connectivity index (χ4v) is 2.56. The van der Waals surface area contributed by atoms with Crippen LogP contribution in [0.3, 0.4) is 0 Å². The van der Waals surface area contributed by atoms with Crippen LogP contribution in [0.5, 0.6) is 0 Å². The first-order valence-electron chi connectivity index (χ1n) is 6.99. The average Bonchev–Trinajstić information content (AvgIpc) is 2.89. The molecule has 114 valence electrons. The minimum absolute atomic E-state index is 0.0866. The maximum absolute atomic E-state index is 12.1. The average molecular weight is 306 g/mol. The lowest BCUT2D eigenvalue weighted by molar-refractivity contribution is 0.243. The fraction of sp³-hybridized carbons (Fsp3) is 0.438. The maximum atomic E-state index is 12.1. The van der Waals surface area contributed by atoms with Gasteiger partial charge < -0.3 is 13.3 Å². The first-order chi connectivity index (χ1) is 9.71. The van der Waals surface area contributed by atoms with E-state index in [9.17, 15) is 4.79 Å². The summed E-state index contributed by atoms with van der Waals surface area (Å²) in [5.41, 5.74) is 1.14. The second kappa shape index (κ2) is 5.65. The van der Waals surface area contributed by atoms with E-state index in [-0.39, 0.29) is 10.5 Å². The molecule has 4 nitrogen and oxygen atoms in total. The molecule has 0 aromatic carbocycles. The monoisotopic (exact) mass is 306 g/mol. The summed E-state index contributed by atoms with van der Waals surface area (Å²) in [5, 5.41) is 0.129. The van der Waals surface area contributed by atoms with Gasteiger partial charge in [0.05, 0.1) is 24.7 Å². The molecule has 5 heteroatoms. The summed E-state index contributed by atoms with van der Waals surface area (Å²) in [6, 6.07) is 3.23. The third-order valence-electron chi connectivity index (χ3n) is 4.10. The Morgan fingerprint density at radius 3 is 2.48 bits per heavy atom. The van der Waals surface area contributed by atoms with E-state index in [0.29, 0.717) is 17.9 Å². The highest BCUT2D eigenvalue weighted by Gasteiger charge is 2.37. The van der Waals surface area contributed by atoms with Gasteiger partial charge in [0.2, 0.25) is 0 Å². The topological polar surface area (TPSA) is 52.6 Å². The van der Waals surface area contributed by atoms with E-state index in [1.54, 1.807) is 6.07 Å². The van der Waals surface area contributed by atoms with Crippen LogP contribution in [0.4, 0.5) is 0 Å². The van der Waals surface area contributed by atoms with Gasteiger partial charge in [-0.2, -0.15) is 0 Å². The molecule has 0 aliphatic carbocycles. The molecule has 0 N–H and O–H groups in total. The van der Waals surface area contributed by atoms with Gasteiger partial charge in [0.15, 0.2) is 13.7 Å². The van der Waals surface area contributed by atoms with Gasteiger partial charge in [0.1, 0.15) is 12.0 Å². The van der Waals surface area contributed by atoms with Crippen LogP contribution in [-0.4, -0.2) is 8.32 Å². The van der Waals surface area contributed by atoms with Gasteiger partial charge in [-0.05, 0) is 24.2 Å². The third-order valence-corrected chi connectivity index (χ3v) is 8.58. The number of hydrogen-bond acceptors (Lipinski definition) is 4. The molecule has 21 heavy (non-hydrogen) atoms. The molecule has 0 bridgehead atoms. The van der Waals surface area contributed by atoms with Gasteiger partial charge in [-0.25, -0.2) is 0 Å². The quantitative estimate of drug-likeness (QED) is 0.785. The Hall–Kier alpha value is -1.59. The Bertz CT molecular complexity index is 648. The zero-order chi connectivity index (χ0) is 15.7. The second-order valence-electron chi connectivity index (χ2n) is 6.69. The molecule has 0 saturated heterocycles. The smallest absolute Gasteiger partial charge is 0.193 e. The van der Waals surface area contributed by atoms with Crippen molar-refractivity contribution in [2.45, 2.75) is 45.5 Å². The minimum Gasteiger partial charge on any atom is -0.472 e.